The molecule has 2 N–H and O–H groups in total. The van der Waals surface area contributed by atoms with E-state index in [1.165, 1.54) is 12.2 Å². The first-order valence-electron chi connectivity index (χ1n) is 6.70. The molecule has 0 aromatic rings. The first-order valence-corrected chi connectivity index (χ1v) is 6.70. The molecular formula is C15H25FN2O. The second kappa shape index (κ2) is 11.8. The number of carbonyl (C=O) groups excluding carboxylic acids is 1. The van der Waals surface area contributed by atoms with Gasteiger partial charge in [0, 0.05) is 25.0 Å². The van der Waals surface area contributed by atoms with Crippen LogP contribution in [0.25, 0.3) is 0 Å². The quantitative estimate of drug-likeness (QED) is 0.472. The van der Waals surface area contributed by atoms with Gasteiger partial charge in [-0.1, -0.05) is 25.2 Å². The van der Waals surface area contributed by atoms with Crippen molar-refractivity contribution in [2.24, 2.45) is 5.92 Å². The minimum Gasteiger partial charge on any atom is -0.315 e. The van der Waals surface area contributed by atoms with Crippen molar-refractivity contribution in [2.75, 3.05) is 19.6 Å². The van der Waals surface area contributed by atoms with E-state index in [4.69, 9.17) is 0 Å². The molecule has 108 valence electrons. The van der Waals surface area contributed by atoms with Gasteiger partial charge >= 0.3 is 0 Å². The van der Waals surface area contributed by atoms with Crippen molar-refractivity contribution >= 4 is 6.29 Å². The first kappa shape index (κ1) is 17.7. The van der Waals surface area contributed by atoms with E-state index in [0.717, 1.165) is 19.4 Å². The number of halogens is 1. The molecule has 0 radical (unpaired) electrons. The molecule has 3 nitrogen and oxygen atoms in total. The zero-order chi connectivity index (χ0) is 14.5. The Morgan fingerprint density at radius 2 is 2.11 bits per heavy atom. The Bertz CT molecular complexity index is 324. The maximum atomic E-state index is 13.0. The third kappa shape index (κ3) is 10.4. The van der Waals surface area contributed by atoms with Gasteiger partial charge in [-0.15, -0.1) is 0 Å². The summed E-state index contributed by atoms with van der Waals surface area (Å²) in [6.45, 7) is 8.21. The standard InChI is InChI=1S/C15H25FN2O/c1-4-7-15(16)9-6-8-14(12-19)11-18-13(3)10-17-5-2/h4,6-9,12-14,17-18H,5,10-11H2,1-3H3/b7-4-,8-6+,15-9+. The van der Waals surface area contributed by atoms with Gasteiger partial charge in [0.25, 0.3) is 0 Å². The van der Waals surface area contributed by atoms with E-state index in [9.17, 15) is 9.18 Å². The van der Waals surface area contributed by atoms with Crippen molar-refractivity contribution in [3.8, 4) is 0 Å². The van der Waals surface area contributed by atoms with Crippen LogP contribution in [-0.2, 0) is 4.79 Å². The Labute approximate surface area is 115 Å². The van der Waals surface area contributed by atoms with Crippen LogP contribution in [0, 0.1) is 5.92 Å². The van der Waals surface area contributed by atoms with E-state index >= 15 is 0 Å². The Balaban J connectivity index is 4.11. The molecule has 0 fully saturated rings. The highest BCUT2D eigenvalue weighted by Gasteiger charge is 2.05. The molecule has 0 aliphatic heterocycles. The van der Waals surface area contributed by atoms with Crippen LogP contribution >= 0.6 is 0 Å². The molecule has 0 amide bonds. The van der Waals surface area contributed by atoms with Crippen LogP contribution in [-0.4, -0.2) is 32.0 Å². The van der Waals surface area contributed by atoms with Crippen LogP contribution in [0.15, 0.2) is 36.2 Å². The summed E-state index contributed by atoms with van der Waals surface area (Å²) < 4.78 is 13.0. The summed E-state index contributed by atoms with van der Waals surface area (Å²) in [5.41, 5.74) is 0. The molecule has 0 rings (SSSR count). The highest BCUT2D eigenvalue weighted by molar-refractivity contribution is 5.57. The smallest absolute Gasteiger partial charge is 0.128 e. The molecule has 0 spiro atoms. The van der Waals surface area contributed by atoms with E-state index in [1.807, 2.05) is 0 Å². The highest BCUT2D eigenvalue weighted by Crippen LogP contribution is 2.00. The lowest BCUT2D eigenvalue weighted by molar-refractivity contribution is -0.109. The van der Waals surface area contributed by atoms with Crippen LogP contribution in [0.2, 0.25) is 0 Å². The van der Waals surface area contributed by atoms with Crippen molar-refractivity contribution in [1.29, 1.82) is 0 Å². The van der Waals surface area contributed by atoms with Crippen molar-refractivity contribution in [3.05, 3.63) is 36.2 Å². The average Bonchev–Trinajstić information content (AvgIpc) is 2.40. The molecule has 0 saturated carbocycles. The summed E-state index contributed by atoms with van der Waals surface area (Å²) in [6, 6.07) is 0.297. The molecule has 0 aromatic heterocycles. The van der Waals surface area contributed by atoms with Gasteiger partial charge in [-0.25, -0.2) is 4.39 Å². The van der Waals surface area contributed by atoms with Crippen molar-refractivity contribution in [2.45, 2.75) is 26.8 Å². The van der Waals surface area contributed by atoms with Gasteiger partial charge in [-0.05, 0) is 32.5 Å². The number of nitrogens with one attached hydrogen (secondary N) is 2. The van der Waals surface area contributed by atoms with E-state index in [1.54, 1.807) is 25.2 Å². The maximum absolute atomic E-state index is 13.0. The fourth-order valence-corrected chi connectivity index (χ4v) is 1.44. The molecule has 0 heterocycles. The Hall–Kier alpha value is -1.26. The summed E-state index contributed by atoms with van der Waals surface area (Å²) in [4.78, 5) is 10.9. The number of hydrogen-bond acceptors (Lipinski definition) is 3. The van der Waals surface area contributed by atoms with E-state index in [0.29, 0.717) is 12.6 Å². The van der Waals surface area contributed by atoms with E-state index < -0.39 is 0 Å². The molecule has 0 aromatic carbocycles. The molecule has 0 aliphatic rings. The molecule has 2 unspecified atom stereocenters. The maximum Gasteiger partial charge on any atom is 0.128 e. The molecule has 0 bridgehead atoms. The molecule has 2 atom stereocenters. The Morgan fingerprint density at radius 1 is 1.37 bits per heavy atom. The number of allylic oxidation sites excluding steroid dienone is 5. The Morgan fingerprint density at radius 3 is 2.68 bits per heavy atom. The van der Waals surface area contributed by atoms with E-state index in [-0.39, 0.29) is 11.7 Å². The third-order valence-corrected chi connectivity index (χ3v) is 2.52. The van der Waals surface area contributed by atoms with Crippen molar-refractivity contribution in [1.82, 2.24) is 10.6 Å². The lowest BCUT2D eigenvalue weighted by Crippen LogP contribution is -2.38. The van der Waals surface area contributed by atoms with Gasteiger partial charge in [0.05, 0.1) is 0 Å². The van der Waals surface area contributed by atoms with Gasteiger partial charge in [0.15, 0.2) is 0 Å². The van der Waals surface area contributed by atoms with Gasteiger partial charge in [-0.2, -0.15) is 0 Å². The minimum atomic E-state index is -0.322. The zero-order valence-corrected chi connectivity index (χ0v) is 12.0. The number of likely N-dealkylation sites (N-methyl/N-ethyl adjacent to an activating group) is 1. The van der Waals surface area contributed by atoms with Gasteiger partial charge in [0.1, 0.15) is 12.1 Å². The zero-order valence-electron chi connectivity index (χ0n) is 12.0. The second-order valence-electron chi connectivity index (χ2n) is 4.35. The van der Waals surface area contributed by atoms with Crippen LogP contribution < -0.4 is 10.6 Å². The van der Waals surface area contributed by atoms with Crippen LogP contribution in [0.4, 0.5) is 4.39 Å². The van der Waals surface area contributed by atoms with Gasteiger partial charge in [-0.3, -0.25) is 0 Å². The molecular weight excluding hydrogens is 243 g/mol. The summed E-state index contributed by atoms with van der Waals surface area (Å²) in [6.07, 6.45) is 8.48. The van der Waals surface area contributed by atoms with Crippen LogP contribution in [0.5, 0.6) is 0 Å². The first-order chi connectivity index (χ1) is 9.13. The monoisotopic (exact) mass is 268 g/mol. The number of rotatable bonds is 10. The summed E-state index contributed by atoms with van der Waals surface area (Å²) in [5.74, 6) is -0.560. The SMILES string of the molecule is C\C=C/C(F)=C\C=C\C(C=O)CNC(C)CNCC. The Kier molecular flexibility index (Phi) is 11.0. The summed E-state index contributed by atoms with van der Waals surface area (Å²) in [5, 5.41) is 6.48. The number of carbonyl (C=O) groups is 1. The average molecular weight is 268 g/mol. The lowest BCUT2D eigenvalue weighted by atomic mass is 10.1. The predicted molar refractivity (Wildman–Crippen MR) is 78.7 cm³/mol. The van der Waals surface area contributed by atoms with Gasteiger partial charge < -0.3 is 15.4 Å². The molecule has 0 aliphatic carbocycles. The third-order valence-electron chi connectivity index (χ3n) is 2.52. The van der Waals surface area contributed by atoms with Crippen LogP contribution in [0.1, 0.15) is 20.8 Å². The minimum absolute atomic E-state index is 0.237. The second-order valence-corrected chi connectivity index (χ2v) is 4.35. The van der Waals surface area contributed by atoms with Crippen molar-refractivity contribution < 1.29 is 9.18 Å². The lowest BCUT2D eigenvalue weighted by Gasteiger charge is -2.15. The fourth-order valence-electron chi connectivity index (χ4n) is 1.44. The molecule has 4 heteroatoms. The van der Waals surface area contributed by atoms with Crippen molar-refractivity contribution in [3.63, 3.8) is 0 Å². The predicted octanol–water partition coefficient (Wildman–Crippen LogP) is 2.37. The number of aldehydes is 1. The topological polar surface area (TPSA) is 41.1 Å². The largest absolute Gasteiger partial charge is 0.315 e. The summed E-state index contributed by atoms with van der Waals surface area (Å²) in [7, 11) is 0. The van der Waals surface area contributed by atoms with Gasteiger partial charge in [0.2, 0.25) is 0 Å². The fraction of sp³-hybridized carbons (Fsp3) is 0.533. The molecule has 19 heavy (non-hydrogen) atoms. The number of hydrogen-bond donors (Lipinski definition) is 2. The normalized spacial score (nSPS) is 16.1. The van der Waals surface area contributed by atoms with Crippen LogP contribution in [0.3, 0.4) is 0 Å². The summed E-state index contributed by atoms with van der Waals surface area (Å²) >= 11 is 0. The molecule has 0 saturated heterocycles. The highest BCUT2D eigenvalue weighted by atomic mass is 19.1. The van der Waals surface area contributed by atoms with E-state index in [2.05, 4.69) is 24.5 Å².